The lowest BCUT2D eigenvalue weighted by Crippen LogP contribution is -2.33. The molecule has 0 bridgehead atoms. The number of aliphatic hydroxyl groups excluding tert-OH is 3. The minimum Gasteiger partial charge on any atom is -0.394 e. The summed E-state index contributed by atoms with van der Waals surface area (Å²) in [4.78, 5) is 8.70. The van der Waals surface area contributed by atoms with Crippen LogP contribution in [0, 0.1) is 11.6 Å². The van der Waals surface area contributed by atoms with Gasteiger partial charge in [-0.15, -0.1) is 5.10 Å². The van der Waals surface area contributed by atoms with E-state index in [9.17, 15) is 32.2 Å². The molecule has 10 nitrogen and oxygen atoms in total. The molecule has 2 heterocycles. The Morgan fingerprint density at radius 3 is 2.62 bits per heavy atom. The zero-order valence-corrected chi connectivity index (χ0v) is 21.0. The van der Waals surface area contributed by atoms with Gasteiger partial charge in [0, 0.05) is 24.1 Å². The van der Waals surface area contributed by atoms with Crippen molar-refractivity contribution >= 4 is 28.7 Å². The Labute approximate surface area is 222 Å². The third-order valence-electron chi connectivity index (χ3n) is 6.74. The molecule has 6 atom stereocenters. The Kier molecular flexibility index (Phi) is 7.92. The number of hydrogen-bond donors (Lipinski definition) is 4. The van der Waals surface area contributed by atoms with E-state index in [-0.39, 0.29) is 59.5 Å². The van der Waals surface area contributed by atoms with Crippen LogP contribution in [0.25, 0.3) is 11.2 Å². The number of nitrogens with one attached hydrogen (secondary N) is 1. The van der Waals surface area contributed by atoms with Crippen molar-refractivity contribution in [2.75, 3.05) is 24.3 Å². The molecule has 2 aromatic heterocycles. The highest BCUT2D eigenvalue weighted by Gasteiger charge is 2.45. The quantitative estimate of drug-likeness (QED) is 0.162. The summed E-state index contributed by atoms with van der Waals surface area (Å²) >= 11 is 0.785. The molecule has 0 unspecified atom stereocenters. The van der Waals surface area contributed by atoms with Gasteiger partial charge in [-0.3, -0.25) is 0 Å². The molecule has 3 aromatic rings. The molecule has 0 amide bonds. The Bertz CT molecular complexity index is 1330. The summed E-state index contributed by atoms with van der Waals surface area (Å²) in [5.41, 5.74) is 0.899. The van der Waals surface area contributed by atoms with Crippen LogP contribution >= 0.6 is 11.8 Å². The fourth-order valence-corrected chi connectivity index (χ4v) is 5.50. The highest BCUT2D eigenvalue weighted by molar-refractivity contribution is 7.99. The van der Waals surface area contributed by atoms with Gasteiger partial charge in [0.05, 0.1) is 31.8 Å². The second-order valence-corrected chi connectivity index (χ2v) is 10.5. The molecular formula is C23H25F5N6O4S. The minimum absolute atomic E-state index is 0.0175. The number of hydrogen-bond acceptors (Lipinski definition) is 10. The van der Waals surface area contributed by atoms with E-state index in [2.05, 4.69) is 25.6 Å². The van der Waals surface area contributed by atoms with Gasteiger partial charge < -0.3 is 25.4 Å². The first-order valence-corrected chi connectivity index (χ1v) is 13.2. The lowest BCUT2D eigenvalue weighted by molar-refractivity contribution is -0.129. The van der Waals surface area contributed by atoms with Crippen LogP contribution in [-0.2, 0) is 4.74 Å². The van der Waals surface area contributed by atoms with E-state index >= 15 is 0 Å². The van der Waals surface area contributed by atoms with Crippen LogP contribution in [0.3, 0.4) is 0 Å². The van der Waals surface area contributed by atoms with Crippen LogP contribution in [0.2, 0.25) is 0 Å². The maximum Gasteiger partial charge on any atom is 0.389 e. The van der Waals surface area contributed by atoms with Crippen molar-refractivity contribution in [2.45, 2.75) is 66.9 Å². The highest BCUT2D eigenvalue weighted by atomic mass is 32.2. The third-order valence-corrected chi connectivity index (χ3v) is 7.59. The molecule has 2 aliphatic rings. The fourth-order valence-electron chi connectivity index (χ4n) is 4.68. The van der Waals surface area contributed by atoms with E-state index in [1.54, 1.807) is 0 Å². The topological polar surface area (TPSA) is 138 Å². The zero-order valence-electron chi connectivity index (χ0n) is 20.2. The predicted molar refractivity (Wildman–Crippen MR) is 128 cm³/mol. The molecule has 2 fully saturated rings. The monoisotopic (exact) mass is 576 g/mol. The van der Waals surface area contributed by atoms with Crippen LogP contribution in [0.1, 0.15) is 36.8 Å². The first-order valence-electron chi connectivity index (χ1n) is 12.2. The van der Waals surface area contributed by atoms with Crippen molar-refractivity contribution in [2.24, 2.45) is 0 Å². The number of anilines is 1. The number of fused-ring (bicyclic) bond motifs is 1. The summed E-state index contributed by atoms with van der Waals surface area (Å²) in [7, 11) is 0. The summed E-state index contributed by atoms with van der Waals surface area (Å²) in [6.45, 7) is -0.320. The maximum atomic E-state index is 13.7. The van der Waals surface area contributed by atoms with Gasteiger partial charge in [-0.1, -0.05) is 23.0 Å². The molecule has 0 aliphatic heterocycles. The minimum atomic E-state index is -4.36. The van der Waals surface area contributed by atoms with Crippen LogP contribution in [0.5, 0.6) is 0 Å². The second kappa shape index (κ2) is 11.1. The van der Waals surface area contributed by atoms with Gasteiger partial charge in [0.2, 0.25) is 0 Å². The molecule has 0 radical (unpaired) electrons. The first-order chi connectivity index (χ1) is 18.6. The number of rotatable bonds is 10. The van der Waals surface area contributed by atoms with E-state index in [0.29, 0.717) is 12.0 Å². The highest BCUT2D eigenvalue weighted by Crippen LogP contribution is 2.44. The van der Waals surface area contributed by atoms with Crippen molar-refractivity contribution in [1.29, 1.82) is 0 Å². The molecule has 1 aromatic carbocycles. The van der Waals surface area contributed by atoms with Gasteiger partial charge >= 0.3 is 6.18 Å². The first kappa shape index (κ1) is 27.9. The molecule has 4 N–H and O–H groups in total. The van der Waals surface area contributed by atoms with Gasteiger partial charge in [0.25, 0.3) is 0 Å². The van der Waals surface area contributed by atoms with Crippen LogP contribution in [-0.4, -0.2) is 89.8 Å². The average molecular weight is 577 g/mol. The van der Waals surface area contributed by atoms with Crippen molar-refractivity contribution in [1.82, 2.24) is 25.0 Å². The van der Waals surface area contributed by atoms with Crippen LogP contribution < -0.4 is 5.32 Å². The summed E-state index contributed by atoms with van der Waals surface area (Å²) in [5, 5.41) is 41.5. The number of aliphatic hydroxyl groups is 3. The summed E-state index contributed by atoms with van der Waals surface area (Å²) < 4.78 is 71.9. The normalized spacial score (nSPS) is 26.9. The maximum absolute atomic E-state index is 13.7. The van der Waals surface area contributed by atoms with Crippen molar-refractivity contribution in [3.63, 3.8) is 0 Å². The average Bonchev–Trinajstić information content (AvgIpc) is 3.42. The fraction of sp³-hybridized carbons (Fsp3) is 0.565. The molecule has 39 heavy (non-hydrogen) atoms. The largest absolute Gasteiger partial charge is 0.394 e. The molecule has 0 saturated heterocycles. The van der Waals surface area contributed by atoms with Gasteiger partial charge in [0.1, 0.15) is 12.2 Å². The Balaban J connectivity index is 1.43. The molecular weight excluding hydrogens is 551 g/mol. The smallest absolute Gasteiger partial charge is 0.389 e. The Morgan fingerprint density at radius 1 is 1.10 bits per heavy atom. The zero-order chi connectivity index (χ0) is 27.9. The van der Waals surface area contributed by atoms with Crippen LogP contribution in [0.15, 0.2) is 23.4 Å². The summed E-state index contributed by atoms with van der Waals surface area (Å²) in [6.07, 6.45) is -8.11. The number of ether oxygens (including phenoxy) is 1. The summed E-state index contributed by atoms with van der Waals surface area (Å²) in [5.74, 6) is -2.22. The van der Waals surface area contributed by atoms with Gasteiger partial charge in [-0.25, -0.2) is 23.4 Å². The summed E-state index contributed by atoms with van der Waals surface area (Å²) in [6, 6.07) is 2.59. The molecule has 0 spiro atoms. The van der Waals surface area contributed by atoms with Crippen molar-refractivity contribution in [3.05, 3.63) is 35.4 Å². The number of thioether (sulfide) groups is 1. The molecule has 212 valence electrons. The number of alkyl halides is 3. The second-order valence-electron chi connectivity index (χ2n) is 9.46. The molecule has 2 saturated carbocycles. The number of aromatic nitrogens is 5. The Hall–Kier alpha value is -2.66. The van der Waals surface area contributed by atoms with Crippen molar-refractivity contribution < 1.29 is 42.0 Å². The van der Waals surface area contributed by atoms with Crippen molar-refractivity contribution in [3.8, 4) is 0 Å². The standard InChI is InChI=1S/C23H25F5N6O4S/c24-12-2-1-10(7-13(12)25)11-8-14(11)29-20-17-21(31-22(30-20)39-6-3-23(26,27)28)34(33-32-17)15-9-16(38-5-4-35)19(37)18(15)36/h1-2,7,11,14-16,18-19,35-37H,3-6,8-9H2,(H,29,30,31)/t11-,14+,15+,16-,18-,19+/m0/s1. The third kappa shape index (κ3) is 6.09. The number of nitrogens with zero attached hydrogens (tertiary/aromatic N) is 5. The Morgan fingerprint density at radius 2 is 1.90 bits per heavy atom. The number of halogens is 5. The van der Waals surface area contributed by atoms with E-state index in [0.717, 1.165) is 23.9 Å². The lowest BCUT2D eigenvalue weighted by atomic mass is 10.1. The van der Waals surface area contributed by atoms with Gasteiger partial charge in [-0.05, 0) is 24.1 Å². The van der Waals surface area contributed by atoms with E-state index in [4.69, 9.17) is 9.84 Å². The predicted octanol–water partition coefficient (Wildman–Crippen LogP) is 2.56. The van der Waals surface area contributed by atoms with Gasteiger partial charge in [-0.2, -0.15) is 13.2 Å². The van der Waals surface area contributed by atoms with Gasteiger partial charge in [0.15, 0.2) is 33.8 Å². The van der Waals surface area contributed by atoms with Crippen LogP contribution in [0.4, 0.5) is 27.8 Å². The SMILES string of the molecule is OCCO[C@H]1C[C@@H](n2nnc3c(N[C@@H]4C[C@H]4c4ccc(F)c(F)c4)nc(SCCC(F)(F)F)nc32)[C@H](O)[C@@H]1O. The lowest BCUT2D eigenvalue weighted by Gasteiger charge is -2.17. The number of benzene rings is 1. The van der Waals surface area contributed by atoms with E-state index in [1.165, 1.54) is 10.7 Å². The van der Waals surface area contributed by atoms with E-state index < -0.39 is 48.6 Å². The molecule has 16 heteroatoms. The molecule has 2 aliphatic carbocycles. The van der Waals surface area contributed by atoms with E-state index in [1.807, 2.05) is 0 Å². The molecule has 5 rings (SSSR count).